The summed E-state index contributed by atoms with van der Waals surface area (Å²) in [6.07, 6.45) is 0.390. The molecule has 3 N–H and O–H groups in total. The van der Waals surface area contributed by atoms with Gasteiger partial charge in [0.1, 0.15) is 11.6 Å². The minimum Gasteiger partial charge on any atom is -0.390 e. The van der Waals surface area contributed by atoms with Crippen molar-refractivity contribution in [3.63, 3.8) is 0 Å². The number of nitrogens with one attached hydrogen (secondary N) is 2. The minimum absolute atomic E-state index is 0.247. The molecular weight excluding hydrogens is 390 g/mol. The third-order valence-corrected chi connectivity index (χ3v) is 5.16. The summed E-state index contributed by atoms with van der Waals surface area (Å²) in [6.45, 7) is 8.24. The highest BCUT2D eigenvalue weighted by atomic mass is 32.1. The highest BCUT2D eigenvalue weighted by Crippen LogP contribution is 2.21. The standard InChI is InChI=1S/C23H30F2N2OS/c1-5-16-7-6-8-18(9-16)23(3,4)26-14-22(28)21(27-15(2)29)12-17-10-19(24)13-20(25)11-17/h6-11,13,21-22,26,28H,5,12,14H2,1-4H3,(H,27,29). The van der Waals surface area contributed by atoms with Gasteiger partial charge in [0.15, 0.2) is 0 Å². The van der Waals surface area contributed by atoms with Gasteiger partial charge in [-0.15, -0.1) is 0 Å². The molecule has 3 nitrogen and oxygen atoms in total. The van der Waals surface area contributed by atoms with Crippen LogP contribution < -0.4 is 10.6 Å². The quantitative estimate of drug-likeness (QED) is 0.531. The maximum atomic E-state index is 13.5. The SMILES string of the molecule is CCc1cccc(C(C)(C)NCC(O)C(Cc2cc(F)cc(F)c2)NC(C)=S)c1. The van der Waals surface area contributed by atoms with Gasteiger partial charge in [-0.1, -0.05) is 43.4 Å². The number of aliphatic hydroxyl groups excluding tert-OH is 1. The van der Waals surface area contributed by atoms with E-state index in [0.717, 1.165) is 18.1 Å². The van der Waals surface area contributed by atoms with Crippen LogP contribution in [0.5, 0.6) is 0 Å². The van der Waals surface area contributed by atoms with Crippen molar-refractivity contribution < 1.29 is 13.9 Å². The Morgan fingerprint density at radius 2 is 1.76 bits per heavy atom. The van der Waals surface area contributed by atoms with E-state index in [2.05, 4.69) is 49.6 Å². The summed E-state index contributed by atoms with van der Waals surface area (Å²) in [4.78, 5) is 0.515. The number of benzene rings is 2. The molecule has 0 heterocycles. The molecule has 0 amide bonds. The van der Waals surface area contributed by atoms with Crippen LogP contribution in [-0.4, -0.2) is 28.8 Å². The molecule has 29 heavy (non-hydrogen) atoms. The predicted molar refractivity (Wildman–Crippen MR) is 118 cm³/mol. The van der Waals surface area contributed by atoms with E-state index in [1.165, 1.54) is 17.7 Å². The lowest BCUT2D eigenvalue weighted by Crippen LogP contribution is -2.50. The maximum absolute atomic E-state index is 13.5. The summed E-state index contributed by atoms with van der Waals surface area (Å²) in [5, 5.41) is 17.3. The molecule has 0 aliphatic rings. The zero-order valence-electron chi connectivity index (χ0n) is 17.4. The lowest BCUT2D eigenvalue weighted by molar-refractivity contribution is 0.123. The summed E-state index contributed by atoms with van der Waals surface area (Å²) in [5.41, 5.74) is 2.49. The van der Waals surface area contributed by atoms with Gasteiger partial charge in [-0.3, -0.25) is 0 Å². The number of halogens is 2. The molecule has 0 aliphatic heterocycles. The van der Waals surface area contributed by atoms with Crippen LogP contribution in [0.2, 0.25) is 0 Å². The number of hydrogen-bond donors (Lipinski definition) is 3. The Balaban J connectivity index is 2.10. The van der Waals surface area contributed by atoms with Crippen molar-refractivity contribution in [2.75, 3.05) is 6.54 Å². The molecule has 0 bridgehead atoms. The van der Waals surface area contributed by atoms with Gasteiger partial charge in [-0.25, -0.2) is 8.78 Å². The first-order chi connectivity index (χ1) is 13.6. The number of rotatable bonds is 9. The second-order valence-electron chi connectivity index (χ2n) is 7.92. The van der Waals surface area contributed by atoms with Crippen LogP contribution in [0, 0.1) is 11.6 Å². The first kappa shape index (κ1) is 23.4. The van der Waals surface area contributed by atoms with Gasteiger partial charge in [-0.2, -0.15) is 0 Å². The van der Waals surface area contributed by atoms with E-state index >= 15 is 0 Å². The van der Waals surface area contributed by atoms with Crippen LogP contribution in [0.3, 0.4) is 0 Å². The summed E-state index contributed by atoms with van der Waals surface area (Å²) in [7, 11) is 0. The fourth-order valence-corrected chi connectivity index (χ4v) is 3.46. The highest BCUT2D eigenvalue weighted by Gasteiger charge is 2.25. The van der Waals surface area contributed by atoms with Gasteiger partial charge in [0.05, 0.1) is 17.1 Å². The van der Waals surface area contributed by atoms with E-state index in [-0.39, 0.29) is 12.0 Å². The Kier molecular flexibility index (Phi) is 8.25. The third kappa shape index (κ3) is 7.14. The monoisotopic (exact) mass is 420 g/mol. The normalized spacial score (nSPS) is 13.8. The van der Waals surface area contributed by atoms with Crippen LogP contribution in [0.15, 0.2) is 42.5 Å². The largest absolute Gasteiger partial charge is 0.390 e. The van der Waals surface area contributed by atoms with Gasteiger partial charge < -0.3 is 15.7 Å². The van der Waals surface area contributed by atoms with Gasteiger partial charge >= 0.3 is 0 Å². The third-order valence-electron chi connectivity index (χ3n) is 5.04. The molecule has 6 heteroatoms. The average molecular weight is 421 g/mol. The molecule has 0 aromatic heterocycles. The molecule has 0 radical (unpaired) electrons. The summed E-state index contributed by atoms with van der Waals surface area (Å²) < 4.78 is 27.1. The first-order valence-corrected chi connectivity index (χ1v) is 10.3. The van der Waals surface area contributed by atoms with Crippen molar-refractivity contribution >= 4 is 17.2 Å². The average Bonchev–Trinajstić information content (AvgIpc) is 2.64. The number of hydrogen-bond acceptors (Lipinski definition) is 3. The Morgan fingerprint density at radius 3 is 2.34 bits per heavy atom. The maximum Gasteiger partial charge on any atom is 0.126 e. The van der Waals surface area contributed by atoms with Crippen molar-refractivity contribution in [3.05, 3.63) is 70.8 Å². The van der Waals surface area contributed by atoms with Crippen LogP contribution in [-0.2, 0) is 18.4 Å². The smallest absolute Gasteiger partial charge is 0.126 e. The van der Waals surface area contributed by atoms with Crippen molar-refractivity contribution in [2.24, 2.45) is 0 Å². The zero-order valence-corrected chi connectivity index (χ0v) is 18.2. The highest BCUT2D eigenvalue weighted by molar-refractivity contribution is 7.80. The molecule has 158 valence electrons. The first-order valence-electron chi connectivity index (χ1n) is 9.85. The van der Waals surface area contributed by atoms with Crippen LogP contribution in [0.1, 0.15) is 44.4 Å². The van der Waals surface area contributed by atoms with Gasteiger partial charge in [-0.05, 0) is 62.4 Å². The molecular formula is C23H30F2N2OS. The van der Waals surface area contributed by atoms with E-state index < -0.39 is 23.8 Å². The Labute approximate surface area is 177 Å². The minimum atomic E-state index is -0.812. The molecule has 2 atom stereocenters. The Morgan fingerprint density at radius 1 is 1.10 bits per heavy atom. The number of aryl methyl sites for hydroxylation is 1. The number of aliphatic hydroxyl groups is 1. The van der Waals surface area contributed by atoms with Crippen molar-refractivity contribution in [3.8, 4) is 0 Å². The molecule has 0 aliphatic carbocycles. The molecule has 0 saturated carbocycles. The topological polar surface area (TPSA) is 44.3 Å². The molecule has 0 saturated heterocycles. The fraction of sp³-hybridized carbons (Fsp3) is 0.435. The molecule has 2 rings (SSSR count). The van der Waals surface area contributed by atoms with Gasteiger partial charge in [0.25, 0.3) is 0 Å². The lowest BCUT2D eigenvalue weighted by Gasteiger charge is -2.31. The molecule has 2 aromatic rings. The van der Waals surface area contributed by atoms with Gasteiger partial charge in [0.2, 0.25) is 0 Å². The Bertz CT molecular complexity index is 821. The van der Waals surface area contributed by atoms with Crippen LogP contribution in [0.25, 0.3) is 0 Å². The van der Waals surface area contributed by atoms with Crippen molar-refractivity contribution in [1.29, 1.82) is 0 Å². The molecule has 2 unspecified atom stereocenters. The van der Waals surface area contributed by atoms with Gasteiger partial charge in [0, 0.05) is 18.2 Å². The molecule has 0 fully saturated rings. The number of thiocarbonyl (C=S) groups is 1. The summed E-state index contributed by atoms with van der Waals surface area (Å²) >= 11 is 5.13. The van der Waals surface area contributed by atoms with E-state index in [4.69, 9.17) is 12.2 Å². The molecule has 0 spiro atoms. The predicted octanol–water partition coefficient (Wildman–Crippen LogP) is 4.26. The lowest BCUT2D eigenvalue weighted by atomic mass is 9.91. The van der Waals surface area contributed by atoms with E-state index in [1.54, 1.807) is 6.92 Å². The summed E-state index contributed by atoms with van der Waals surface area (Å²) in [6, 6.07) is 11.3. The van der Waals surface area contributed by atoms with Crippen LogP contribution in [0.4, 0.5) is 8.78 Å². The van der Waals surface area contributed by atoms with E-state index in [0.29, 0.717) is 17.1 Å². The second-order valence-corrected chi connectivity index (χ2v) is 8.53. The fourth-order valence-electron chi connectivity index (χ4n) is 3.31. The van der Waals surface area contributed by atoms with Crippen molar-refractivity contribution in [1.82, 2.24) is 10.6 Å². The summed E-state index contributed by atoms with van der Waals surface area (Å²) in [5.74, 6) is -1.27. The van der Waals surface area contributed by atoms with E-state index in [9.17, 15) is 13.9 Å². The Hall–Kier alpha value is -1.89. The zero-order chi connectivity index (χ0) is 21.6. The molecule has 2 aromatic carbocycles. The van der Waals surface area contributed by atoms with Crippen molar-refractivity contribution in [2.45, 2.75) is 58.2 Å². The second kappa shape index (κ2) is 10.2. The van der Waals surface area contributed by atoms with E-state index in [1.807, 2.05) is 6.07 Å². The van der Waals surface area contributed by atoms with Crippen LogP contribution >= 0.6 is 12.2 Å².